The van der Waals surface area contributed by atoms with E-state index in [4.69, 9.17) is 0 Å². The van der Waals surface area contributed by atoms with Gasteiger partial charge < -0.3 is 10.6 Å². The summed E-state index contributed by atoms with van der Waals surface area (Å²) in [6, 6.07) is 6.43. The number of fused-ring (bicyclic) bond motifs is 1. The minimum Gasteiger partial charge on any atom is -0.326 e. The second-order valence-corrected chi connectivity index (χ2v) is 6.70. The summed E-state index contributed by atoms with van der Waals surface area (Å²) in [5.41, 5.74) is 4.21. The zero-order chi connectivity index (χ0) is 13.6. The number of amides is 1. The largest absolute Gasteiger partial charge is 0.326 e. The highest BCUT2D eigenvalue weighted by Crippen LogP contribution is 2.58. The van der Waals surface area contributed by atoms with Crippen LogP contribution in [0.1, 0.15) is 36.8 Å². The summed E-state index contributed by atoms with van der Waals surface area (Å²) in [6.45, 7) is 2.14. The summed E-state index contributed by atoms with van der Waals surface area (Å²) < 4.78 is 0. The number of anilines is 1. The van der Waals surface area contributed by atoms with E-state index in [0.717, 1.165) is 44.5 Å². The SMILES string of the molecule is Cl.O=C(Nc1ccc2c(c1)CCC2)C1CC12CCNCC2. The smallest absolute Gasteiger partial charge is 0.228 e. The molecule has 1 aliphatic heterocycles. The monoisotopic (exact) mass is 306 g/mol. The van der Waals surface area contributed by atoms with Crippen molar-refractivity contribution in [2.45, 2.75) is 38.5 Å². The maximum absolute atomic E-state index is 12.4. The van der Waals surface area contributed by atoms with Crippen LogP contribution in [0.4, 0.5) is 5.69 Å². The van der Waals surface area contributed by atoms with E-state index in [1.165, 1.54) is 24.0 Å². The van der Waals surface area contributed by atoms with Gasteiger partial charge in [0, 0.05) is 11.6 Å². The van der Waals surface area contributed by atoms with E-state index in [2.05, 4.69) is 28.8 Å². The molecule has 21 heavy (non-hydrogen) atoms. The van der Waals surface area contributed by atoms with Gasteiger partial charge in [-0.2, -0.15) is 0 Å². The van der Waals surface area contributed by atoms with E-state index in [1.807, 2.05) is 0 Å². The van der Waals surface area contributed by atoms with Crippen LogP contribution < -0.4 is 10.6 Å². The van der Waals surface area contributed by atoms with Gasteiger partial charge in [-0.3, -0.25) is 4.79 Å². The van der Waals surface area contributed by atoms with E-state index < -0.39 is 0 Å². The molecular weight excluding hydrogens is 284 g/mol. The van der Waals surface area contributed by atoms with Gasteiger partial charge in [0.1, 0.15) is 0 Å². The molecule has 4 heteroatoms. The van der Waals surface area contributed by atoms with Gasteiger partial charge in [-0.15, -0.1) is 12.4 Å². The van der Waals surface area contributed by atoms with E-state index in [-0.39, 0.29) is 24.2 Å². The molecule has 1 unspecified atom stereocenters. The van der Waals surface area contributed by atoms with E-state index >= 15 is 0 Å². The molecule has 1 aromatic carbocycles. The number of aryl methyl sites for hydroxylation is 2. The van der Waals surface area contributed by atoms with Crippen LogP contribution in [0.2, 0.25) is 0 Å². The van der Waals surface area contributed by atoms with E-state index in [1.54, 1.807) is 0 Å². The van der Waals surface area contributed by atoms with Crippen LogP contribution in [-0.4, -0.2) is 19.0 Å². The third-order valence-electron chi connectivity index (χ3n) is 5.47. The lowest BCUT2D eigenvalue weighted by atomic mass is 9.92. The number of carbonyl (C=O) groups excluding carboxylic acids is 1. The van der Waals surface area contributed by atoms with Gasteiger partial charge in [0.2, 0.25) is 5.91 Å². The molecule has 4 rings (SSSR count). The molecule has 1 spiro atoms. The molecule has 1 saturated carbocycles. The lowest BCUT2D eigenvalue weighted by Crippen LogP contribution is -2.31. The van der Waals surface area contributed by atoms with Gasteiger partial charge in [0.25, 0.3) is 0 Å². The molecule has 3 aliphatic rings. The highest BCUT2D eigenvalue weighted by molar-refractivity contribution is 5.95. The van der Waals surface area contributed by atoms with Crippen molar-refractivity contribution in [3.05, 3.63) is 29.3 Å². The van der Waals surface area contributed by atoms with Crippen LogP contribution in [-0.2, 0) is 17.6 Å². The molecule has 2 fully saturated rings. The van der Waals surface area contributed by atoms with Crippen LogP contribution in [0, 0.1) is 11.3 Å². The average Bonchev–Trinajstić information content (AvgIpc) is 2.96. The first-order valence-corrected chi connectivity index (χ1v) is 7.90. The lowest BCUT2D eigenvalue weighted by molar-refractivity contribution is -0.118. The van der Waals surface area contributed by atoms with Crippen LogP contribution in [0.25, 0.3) is 0 Å². The Morgan fingerprint density at radius 2 is 1.95 bits per heavy atom. The Morgan fingerprint density at radius 1 is 1.19 bits per heavy atom. The van der Waals surface area contributed by atoms with Gasteiger partial charge in [0.15, 0.2) is 0 Å². The van der Waals surface area contributed by atoms with E-state index in [0.29, 0.717) is 5.41 Å². The first-order chi connectivity index (χ1) is 9.77. The van der Waals surface area contributed by atoms with Crippen molar-refractivity contribution >= 4 is 24.0 Å². The Morgan fingerprint density at radius 3 is 2.76 bits per heavy atom. The molecule has 1 heterocycles. The fraction of sp³-hybridized carbons (Fsp3) is 0.588. The van der Waals surface area contributed by atoms with Gasteiger partial charge in [-0.1, -0.05) is 6.07 Å². The molecule has 1 saturated heterocycles. The highest BCUT2D eigenvalue weighted by atomic mass is 35.5. The van der Waals surface area contributed by atoms with Crippen molar-refractivity contribution in [3.63, 3.8) is 0 Å². The third-order valence-corrected chi connectivity index (χ3v) is 5.47. The Hall–Kier alpha value is -1.06. The molecule has 114 valence electrons. The predicted octanol–water partition coefficient (Wildman–Crippen LogP) is 2.93. The normalized spacial score (nSPS) is 25.0. The molecule has 1 atom stereocenters. The molecule has 0 bridgehead atoms. The summed E-state index contributed by atoms with van der Waals surface area (Å²) >= 11 is 0. The predicted molar refractivity (Wildman–Crippen MR) is 87.0 cm³/mol. The Kier molecular flexibility index (Phi) is 3.98. The lowest BCUT2D eigenvalue weighted by Gasteiger charge is -2.23. The fourth-order valence-corrected chi connectivity index (χ4v) is 4.07. The first kappa shape index (κ1) is 14.9. The van der Waals surface area contributed by atoms with Crippen molar-refractivity contribution in [1.29, 1.82) is 0 Å². The number of halogens is 1. The van der Waals surface area contributed by atoms with Crippen LogP contribution in [0.15, 0.2) is 18.2 Å². The van der Waals surface area contributed by atoms with Crippen molar-refractivity contribution in [2.24, 2.45) is 11.3 Å². The molecule has 2 aliphatic carbocycles. The Labute approximate surface area is 132 Å². The zero-order valence-electron chi connectivity index (χ0n) is 12.3. The second-order valence-electron chi connectivity index (χ2n) is 6.70. The van der Waals surface area contributed by atoms with Crippen LogP contribution in [0.5, 0.6) is 0 Å². The average molecular weight is 307 g/mol. The van der Waals surface area contributed by atoms with Gasteiger partial charge in [-0.25, -0.2) is 0 Å². The highest BCUT2D eigenvalue weighted by Gasteiger charge is 2.57. The maximum atomic E-state index is 12.4. The van der Waals surface area contributed by atoms with Crippen molar-refractivity contribution in [2.75, 3.05) is 18.4 Å². The summed E-state index contributed by atoms with van der Waals surface area (Å²) in [5, 5.41) is 6.53. The number of benzene rings is 1. The second kappa shape index (κ2) is 5.62. The molecule has 0 radical (unpaired) electrons. The zero-order valence-corrected chi connectivity index (χ0v) is 13.1. The number of rotatable bonds is 2. The number of carbonyl (C=O) groups is 1. The Bertz CT molecular complexity index is 552. The molecule has 1 aromatic rings. The van der Waals surface area contributed by atoms with Crippen molar-refractivity contribution < 1.29 is 4.79 Å². The summed E-state index contributed by atoms with van der Waals surface area (Å²) in [7, 11) is 0. The molecule has 0 aromatic heterocycles. The topological polar surface area (TPSA) is 41.1 Å². The van der Waals surface area contributed by atoms with Gasteiger partial charge in [-0.05, 0) is 80.3 Å². The standard InChI is InChI=1S/C17H22N2O.ClH/c20-16(15-11-17(15)6-8-18-9-7-17)19-14-5-4-12-2-1-3-13(12)10-14;/h4-5,10,15,18H,1-3,6-9,11H2,(H,19,20);1H. The number of nitrogens with one attached hydrogen (secondary N) is 2. The molecule has 2 N–H and O–H groups in total. The van der Waals surface area contributed by atoms with Crippen molar-refractivity contribution in [1.82, 2.24) is 5.32 Å². The summed E-state index contributed by atoms with van der Waals surface area (Å²) in [4.78, 5) is 12.4. The number of piperidine rings is 1. The van der Waals surface area contributed by atoms with Crippen LogP contribution in [0.3, 0.4) is 0 Å². The van der Waals surface area contributed by atoms with Crippen LogP contribution >= 0.6 is 12.4 Å². The Balaban J connectivity index is 0.00000132. The quantitative estimate of drug-likeness (QED) is 0.882. The van der Waals surface area contributed by atoms with Gasteiger partial charge in [0.05, 0.1) is 0 Å². The molecular formula is C17H23ClN2O. The van der Waals surface area contributed by atoms with Crippen molar-refractivity contribution in [3.8, 4) is 0 Å². The first-order valence-electron chi connectivity index (χ1n) is 7.90. The van der Waals surface area contributed by atoms with E-state index in [9.17, 15) is 4.79 Å². The molecule has 3 nitrogen and oxygen atoms in total. The fourth-order valence-electron chi connectivity index (χ4n) is 4.07. The number of hydrogen-bond donors (Lipinski definition) is 2. The summed E-state index contributed by atoms with van der Waals surface area (Å²) in [6.07, 6.45) is 7.03. The number of hydrogen-bond acceptors (Lipinski definition) is 2. The minimum absolute atomic E-state index is 0. The molecule has 1 amide bonds. The third kappa shape index (κ3) is 2.69. The minimum atomic E-state index is 0. The maximum Gasteiger partial charge on any atom is 0.228 e. The summed E-state index contributed by atoms with van der Waals surface area (Å²) in [5.74, 6) is 0.489. The van der Waals surface area contributed by atoms with Gasteiger partial charge >= 0.3 is 0 Å².